The van der Waals surface area contributed by atoms with Crippen LogP contribution < -0.4 is 16.2 Å². The topological polar surface area (TPSA) is 177 Å². The molecule has 2 fully saturated rings. The fourth-order valence-corrected chi connectivity index (χ4v) is 8.72. The number of hydrogen-bond donors (Lipinski definition) is 2. The largest absolute Gasteiger partial charge is 0.458 e. The number of aromatic nitrogens is 4. The highest BCUT2D eigenvalue weighted by molar-refractivity contribution is 5.90. The van der Waals surface area contributed by atoms with E-state index in [2.05, 4.69) is 32.1 Å². The maximum Gasteiger partial charge on any atom is 0.343 e. The normalized spacial score (nSPS) is 19.9. The van der Waals surface area contributed by atoms with Crippen LogP contribution in [-0.2, 0) is 39.6 Å². The predicted molar refractivity (Wildman–Crippen MR) is 205 cm³/mol. The second-order valence-electron chi connectivity index (χ2n) is 15.4. The van der Waals surface area contributed by atoms with Gasteiger partial charge in [0.1, 0.15) is 6.61 Å². The molecule has 2 saturated heterocycles. The van der Waals surface area contributed by atoms with Crippen LogP contribution in [0.3, 0.4) is 0 Å². The Kier molecular flexibility index (Phi) is 10.1. The Hall–Kier alpha value is -5.21. The third kappa shape index (κ3) is 7.08. The van der Waals surface area contributed by atoms with Crippen LogP contribution in [0, 0.1) is 5.92 Å². The number of fused-ring (bicyclic) bond motifs is 5. The van der Waals surface area contributed by atoms with E-state index in [0.29, 0.717) is 54.5 Å². The highest BCUT2D eigenvalue weighted by Gasteiger charge is 2.45. The van der Waals surface area contributed by atoms with Gasteiger partial charge in [0.25, 0.3) is 11.5 Å². The number of hydrogen-bond acceptors (Lipinski definition) is 11. The van der Waals surface area contributed by atoms with Gasteiger partial charge in [-0.2, -0.15) is 0 Å². The zero-order valence-corrected chi connectivity index (χ0v) is 31.3. The molecule has 0 radical (unpaired) electrons. The number of pyridine rings is 2. The van der Waals surface area contributed by atoms with Crippen molar-refractivity contribution in [1.29, 1.82) is 0 Å². The van der Waals surface area contributed by atoms with E-state index in [1.807, 2.05) is 23.1 Å². The number of ether oxygens (including phenoxy) is 1. The summed E-state index contributed by atoms with van der Waals surface area (Å²) < 4.78 is 6.87. The number of amides is 2. The summed E-state index contributed by atoms with van der Waals surface area (Å²) in [4.78, 5) is 62.1. The Bertz CT molecular complexity index is 2190. The number of anilines is 1. The summed E-state index contributed by atoms with van der Waals surface area (Å²) in [5.41, 5.74) is 8.15. The molecule has 3 aromatic heterocycles. The molecular formula is C41H48N8O6. The minimum Gasteiger partial charge on any atom is -0.458 e. The average Bonchev–Trinajstić information content (AvgIpc) is 3.57. The quantitative estimate of drug-likeness (QED) is 0.149. The molecule has 0 saturated carbocycles. The van der Waals surface area contributed by atoms with Crippen LogP contribution in [0.1, 0.15) is 91.0 Å². The molecule has 0 bridgehead atoms. The molecule has 4 aliphatic rings. The van der Waals surface area contributed by atoms with Crippen LogP contribution in [0.4, 0.5) is 5.82 Å². The number of carbonyl (C=O) groups excluding carboxylic acids is 3. The van der Waals surface area contributed by atoms with Crippen molar-refractivity contribution < 1.29 is 24.2 Å². The van der Waals surface area contributed by atoms with Crippen molar-refractivity contribution in [3.63, 3.8) is 0 Å². The maximum atomic E-state index is 13.6. The SMILES string of the molecule is CC[C@@]1(O)C(=O)OCc2c1cc1n(c2=O)Cc2cc3c(CN4CCN(C(=O)CCCCCC5CCN(c6ccc(C(N)=O)nn6)CC5)CC4)cccc3nc2-1. The van der Waals surface area contributed by atoms with Crippen LogP contribution in [0.25, 0.3) is 22.3 Å². The van der Waals surface area contributed by atoms with Crippen molar-refractivity contribution in [3.8, 4) is 11.4 Å². The number of primary amides is 1. The van der Waals surface area contributed by atoms with Gasteiger partial charge in [-0.15, -0.1) is 10.2 Å². The highest BCUT2D eigenvalue weighted by atomic mass is 16.6. The third-order valence-electron chi connectivity index (χ3n) is 12.1. The molecular weight excluding hydrogens is 701 g/mol. The first-order valence-corrected chi connectivity index (χ1v) is 19.6. The Labute approximate surface area is 319 Å². The molecule has 2 amide bonds. The number of piperazine rings is 1. The van der Waals surface area contributed by atoms with Crippen molar-refractivity contribution in [1.82, 2.24) is 29.5 Å². The van der Waals surface area contributed by atoms with Gasteiger partial charge in [0.2, 0.25) is 5.91 Å². The number of aliphatic hydroxyl groups is 1. The van der Waals surface area contributed by atoms with Crippen molar-refractivity contribution in [2.75, 3.05) is 44.2 Å². The van der Waals surface area contributed by atoms with E-state index in [1.165, 1.54) is 6.42 Å². The number of nitrogens with two attached hydrogens (primary N) is 1. The molecule has 55 heavy (non-hydrogen) atoms. The van der Waals surface area contributed by atoms with Crippen molar-refractivity contribution in [3.05, 3.63) is 80.8 Å². The molecule has 4 aliphatic heterocycles. The van der Waals surface area contributed by atoms with Crippen LogP contribution in [-0.4, -0.2) is 91.7 Å². The van der Waals surface area contributed by atoms with E-state index < -0.39 is 17.5 Å². The molecule has 8 rings (SSSR count). The van der Waals surface area contributed by atoms with Gasteiger partial charge in [0.15, 0.2) is 17.1 Å². The van der Waals surface area contributed by atoms with Gasteiger partial charge in [0, 0.05) is 68.7 Å². The summed E-state index contributed by atoms with van der Waals surface area (Å²) in [7, 11) is 0. The van der Waals surface area contributed by atoms with Crippen LogP contribution in [0.5, 0.6) is 0 Å². The number of piperidine rings is 1. The summed E-state index contributed by atoms with van der Waals surface area (Å²) >= 11 is 0. The Balaban J connectivity index is 0.805. The molecule has 0 spiro atoms. The van der Waals surface area contributed by atoms with E-state index in [0.717, 1.165) is 92.7 Å². The van der Waals surface area contributed by atoms with Crippen LogP contribution >= 0.6 is 0 Å². The number of cyclic esters (lactones) is 1. The van der Waals surface area contributed by atoms with E-state index in [-0.39, 0.29) is 30.2 Å². The average molecular weight is 749 g/mol. The fraction of sp³-hybridized carbons (Fsp3) is 0.488. The number of benzene rings is 1. The van der Waals surface area contributed by atoms with E-state index in [4.69, 9.17) is 15.5 Å². The second kappa shape index (κ2) is 15.1. The van der Waals surface area contributed by atoms with Gasteiger partial charge in [-0.05, 0) is 67.5 Å². The molecule has 0 aliphatic carbocycles. The molecule has 7 heterocycles. The van der Waals surface area contributed by atoms with Gasteiger partial charge in [-0.1, -0.05) is 38.3 Å². The summed E-state index contributed by atoms with van der Waals surface area (Å²) in [5, 5.41) is 20.3. The first-order valence-electron chi connectivity index (χ1n) is 19.6. The van der Waals surface area contributed by atoms with E-state index in [9.17, 15) is 24.3 Å². The number of rotatable bonds is 11. The lowest BCUT2D eigenvalue weighted by Gasteiger charge is -2.35. The standard InChI is InChI=1S/C41H48N8O6/c1-2-41(54)31-22-34-37-28(24-49(34)39(52)30(31)25-55-40(41)53)21-29-27(8-6-9-32(29)43-37)23-46-17-19-48(20-18-46)36(50)10-5-3-4-7-26-13-15-47(16-14-26)35-12-11-33(38(42)51)44-45-35/h6,8-9,11-12,21-22,26,54H,2-5,7,10,13-20,23-25H2,1H3,(H2,42,51)/t41-/m0/s1. The molecule has 3 N–H and O–H groups in total. The zero-order chi connectivity index (χ0) is 38.3. The van der Waals surface area contributed by atoms with Gasteiger partial charge in [-0.3, -0.25) is 19.3 Å². The lowest BCUT2D eigenvalue weighted by Crippen LogP contribution is -2.48. The number of unbranched alkanes of at least 4 members (excludes halogenated alkanes) is 2. The van der Waals surface area contributed by atoms with Gasteiger partial charge in [-0.25, -0.2) is 9.78 Å². The summed E-state index contributed by atoms with van der Waals surface area (Å²) in [5.74, 6) is 0.401. The number of esters is 1. The van der Waals surface area contributed by atoms with Crippen molar-refractivity contribution in [2.24, 2.45) is 11.7 Å². The second-order valence-corrected chi connectivity index (χ2v) is 15.4. The minimum absolute atomic E-state index is 0.102. The predicted octanol–water partition coefficient (Wildman–Crippen LogP) is 3.48. The monoisotopic (exact) mass is 748 g/mol. The van der Waals surface area contributed by atoms with Gasteiger partial charge in [0.05, 0.1) is 29.0 Å². The molecule has 1 atom stereocenters. The van der Waals surface area contributed by atoms with Crippen molar-refractivity contribution >= 4 is 34.5 Å². The van der Waals surface area contributed by atoms with Crippen molar-refractivity contribution in [2.45, 2.75) is 83.6 Å². The van der Waals surface area contributed by atoms with Gasteiger partial charge >= 0.3 is 5.97 Å². The zero-order valence-electron chi connectivity index (χ0n) is 31.3. The number of nitrogens with zero attached hydrogens (tertiary/aromatic N) is 7. The first kappa shape index (κ1) is 36.8. The van der Waals surface area contributed by atoms with Gasteiger partial charge < -0.3 is 29.9 Å². The molecule has 14 nitrogen and oxygen atoms in total. The smallest absolute Gasteiger partial charge is 0.343 e. The summed E-state index contributed by atoms with van der Waals surface area (Å²) in [6, 6.07) is 13.4. The first-order chi connectivity index (χ1) is 26.6. The Morgan fingerprint density at radius 2 is 1.78 bits per heavy atom. The van der Waals surface area contributed by atoms with E-state index in [1.54, 1.807) is 23.6 Å². The summed E-state index contributed by atoms with van der Waals surface area (Å²) in [6.45, 7) is 7.51. The molecule has 4 aromatic rings. The lowest BCUT2D eigenvalue weighted by molar-refractivity contribution is -0.172. The third-order valence-corrected chi connectivity index (χ3v) is 12.1. The minimum atomic E-state index is -1.85. The fourth-order valence-electron chi connectivity index (χ4n) is 8.72. The summed E-state index contributed by atoms with van der Waals surface area (Å²) in [6.07, 6.45) is 7.17. The lowest BCUT2D eigenvalue weighted by atomic mass is 9.86. The molecule has 14 heteroatoms. The van der Waals surface area contributed by atoms with Crippen LogP contribution in [0.15, 0.2) is 47.3 Å². The highest BCUT2D eigenvalue weighted by Crippen LogP contribution is 2.39. The number of carbonyl (C=O) groups is 3. The maximum absolute atomic E-state index is 13.6. The molecule has 288 valence electrons. The molecule has 0 unspecified atom stereocenters. The Morgan fingerprint density at radius 1 is 0.982 bits per heavy atom. The Morgan fingerprint density at radius 3 is 2.51 bits per heavy atom. The molecule has 1 aromatic carbocycles. The van der Waals surface area contributed by atoms with E-state index >= 15 is 0 Å². The van der Waals surface area contributed by atoms with Crippen LogP contribution in [0.2, 0.25) is 0 Å².